The number of likely N-dealkylation sites (tertiary alicyclic amines) is 1. The quantitative estimate of drug-likeness (QED) is 0.841. The highest BCUT2D eigenvalue weighted by Gasteiger charge is 2.25. The zero-order valence-corrected chi connectivity index (χ0v) is 11.4. The number of nitrogens with zero attached hydrogens (tertiary/aromatic N) is 3. The number of hydrogen-bond donors (Lipinski definition) is 1. The minimum absolute atomic E-state index is 0.0137. The Kier molecular flexibility index (Phi) is 4.93. The van der Waals surface area contributed by atoms with Gasteiger partial charge in [-0.05, 0) is 19.8 Å². The molecule has 19 heavy (non-hydrogen) atoms. The van der Waals surface area contributed by atoms with Gasteiger partial charge in [0.2, 0.25) is 0 Å². The Morgan fingerprint density at radius 2 is 2.47 bits per heavy atom. The van der Waals surface area contributed by atoms with Crippen molar-refractivity contribution in [2.24, 2.45) is 5.73 Å². The van der Waals surface area contributed by atoms with Gasteiger partial charge in [0, 0.05) is 39.0 Å². The second kappa shape index (κ2) is 6.68. The molecule has 0 aliphatic carbocycles. The fourth-order valence-electron chi connectivity index (χ4n) is 2.40. The molecule has 6 nitrogen and oxygen atoms in total. The van der Waals surface area contributed by atoms with Crippen LogP contribution in [-0.4, -0.2) is 52.7 Å². The molecule has 1 aliphatic rings. The van der Waals surface area contributed by atoms with Gasteiger partial charge in [-0.25, -0.2) is 4.98 Å². The van der Waals surface area contributed by atoms with Crippen molar-refractivity contribution in [2.45, 2.75) is 32.4 Å². The van der Waals surface area contributed by atoms with Crippen molar-refractivity contribution in [2.75, 3.05) is 26.2 Å². The van der Waals surface area contributed by atoms with E-state index in [1.165, 1.54) is 0 Å². The Labute approximate surface area is 113 Å². The number of carbonyl (C=O) groups excluding carboxylic acids is 1. The van der Waals surface area contributed by atoms with E-state index in [0.717, 1.165) is 19.4 Å². The van der Waals surface area contributed by atoms with Crippen LogP contribution in [-0.2, 0) is 11.3 Å². The first-order valence-electron chi connectivity index (χ1n) is 6.87. The van der Waals surface area contributed by atoms with E-state index in [2.05, 4.69) is 4.98 Å². The van der Waals surface area contributed by atoms with E-state index in [9.17, 15) is 4.79 Å². The van der Waals surface area contributed by atoms with Crippen LogP contribution in [0.5, 0.6) is 0 Å². The van der Waals surface area contributed by atoms with Crippen LogP contribution >= 0.6 is 0 Å². The van der Waals surface area contributed by atoms with Crippen molar-refractivity contribution in [1.29, 1.82) is 0 Å². The molecule has 2 N–H and O–H groups in total. The molecule has 1 fully saturated rings. The molecule has 1 aromatic rings. The SMILES string of the molecule is CCOC1CCCN(C(=O)c2cn(CCN)cn2)C1. The fraction of sp³-hybridized carbons (Fsp3) is 0.692. The van der Waals surface area contributed by atoms with Crippen molar-refractivity contribution in [1.82, 2.24) is 14.5 Å². The van der Waals surface area contributed by atoms with Gasteiger partial charge in [0.05, 0.1) is 12.4 Å². The van der Waals surface area contributed by atoms with Gasteiger partial charge in [-0.3, -0.25) is 4.79 Å². The second-order valence-electron chi connectivity index (χ2n) is 4.76. The summed E-state index contributed by atoms with van der Waals surface area (Å²) in [6.07, 6.45) is 5.59. The molecular formula is C13H22N4O2. The maximum absolute atomic E-state index is 12.3. The van der Waals surface area contributed by atoms with E-state index in [0.29, 0.717) is 31.9 Å². The molecule has 1 saturated heterocycles. The van der Waals surface area contributed by atoms with Crippen molar-refractivity contribution in [3.8, 4) is 0 Å². The smallest absolute Gasteiger partial charge is 0.274 e. The molecule has 1 amide bonds. The van der Waals surface area contributed by atoms with Gasteiger partial charge in [0.15, 0.2) is 0 Å². The van der Waals surface area contributed by atoms with Crippen LogP contribution in [0.15, 0.2) is 12.5 Å². The van der Waals surface area contributed by atoms with Crippen molar-refractivity contribution < 1.29 is 9.53 Å². The summed E-state index contributed by atoms with van der Waals surface area (Å²) >= 11 is 0. The molecule has 0 aromatic carbocycles. The molecule has 106 valence electrons. The lowest BCUT2D eigenvalue weighted by atomic mass is 10.1. The van der Waals surface area contributed by atoms with Crippen LogP contribution in [0.4, 0.5) is 0 Å². The topological polar surface area (TPSA) is 73.4 Å². The first-order valence-corrected chi connectivity index (χ1v) is 6.87. The van der Waals surface area contributed by atoms with Gasteiger partial charge in [0.1, 0.15) is 5.69 Å². The molecule has 1 aliphatic heterocycles. The molecule has 2 rings (SSSR count). The number of amides is 1. The highest BCUT2D eigenvalue weighted by molar-refractivity contribution is 5.92. The molecule has 1 atom stereocenters. The van der Waals surface area contributed by atoms with E-state index < -0.39 is 0 Å². The minimum Gasteiger partial charge on any atom is -0.377 e. The number of piperidine rings is 1. The van der Waals surface area contributed by atoms with E-state index in [4.69, 9.17) is 10.5 Å². The molecule has 0 radical (unpaired) electrons. The highest BCUT2D eigenvalue weighted by atomic mass is 16.5. The third-order valence-corrected chi connectivity index (χ3v) is 3.31. The molecular weight excluding hydrogens is 244 g/mol. The van der Waals surface area contributed by atoms with Gasteiger partial charge in [-0.1, -0.05) is 0 Å². The Balaban J connectivity index is 1.97. The standard InChI is InChI=1S/C13H22N4O2/c1-2-19-11-4-3-6-17(8-11)13(18)12-9-16(7-5-14)10-15-12/h9-11H,2-8,14H2,1H3. The van der Waals surface area contributed by atoms with E-state index in [1.54, 1.807) is 12.5 Å². The Morgan fingerprint density at radius 3 is 3.21 bits per heavy atom. The molecule has 6 heteroatoms. The summed E-state index contributed by atoms with van der Waals surface area (Å²) in [7, 11) is 0. The maximum atomic E-state index is 12.3. The van der Waals surface area contributed by atoms with E-state index in [-0.39, 0.29) is 12.0 Å². The van der Waals surface area contributed by atoms with E-state index >= 15 is 0 Å². The zero-order chi connectivity index (χ0) is 13.7. The first-order chi connectivity index (χ1) is 9.24. The Hall–Kier alpha value is -1.40. The first kappa shape index (κ1) is 14.0. The predicted octanol–water partition coefficient (Wildman–Crippen LogP) is 0.483. The summed E-state index contributed by atoms with van der Waals surface area (Å²) < 4.78 is 7.45. The number of aromatic nitrogens is 2. The predicted molar refractivity (Wildman–Crippen MR) is 71.8 cm³/mol. The second-order valence-corrected chi connectivity index (χ2v) is 4.76. The van der Waals surface area contributed by atoms with Crippen LogP contribution in [0.3, 0.4) is 0 Å². The van der Waals surface area contributed by atoms with Crippen molar-refractivity contribution in [3.63, 3.8) is 0 Å². The summed E-state index contributed by atoms with van der Waals surface area (Å²) in [4.78, 5) is 18.3. The maximum Gasteiger partial charge on any atom is 0.274 e. The lowest BCUT2D eigenvalue weighted by molar-refractivity contribution is 0.00705. The Morgan fingerprint density at radius 1 is 1.63 bits per heavy atom. The van der Waals surface area contributed by atoms with Gasteiger partial charge in [0.25, 0.3) is 5.91 Å². The third-order valence-electron chi connectivity index (χ3n) is 3.31. The lowest BCUT2D eigenvalue weighted by Crippen LogP contribution is -2.43. The number of nitrogens with two attached hydrogens (primary N) is 1. The van der Waals surface area contributed by atoms with Crippen molar-refractivity contribution in [3.05, 3.63) is 18.2 Å². The average Bonchev–Trinajstić information content (AvgIpc) is 2.88. The number of carbonyl (C=O) groups is 1. The molecule has 1 unspecified atom stereocenters. The van der Waals surface area contributed by atoms with E-state index in [1.807, 2.05) is 16.4 Å². The van der Waals surface area contributed by atoms with Crippen LogP contribution in [0.25, 0.3) is 0 Å². The van der Waals surface area contributed by atoms with Crippen LogP contribution in [0, 0.1) is 0 Å². The molecule has 2 heterocycles. The van der Waals surface area contributed by atoms with Crippen LogP contribution < -0.4 is 5.73 Å². The molecule has 0 bridgehead atoms. The largest absolute Gasteiger partial charge is 0.377 e. The third kappa shape index (κ3) is 3.54. The van der Waals surface area contributed by atoms with Crippen LogP contribution in [0.2, 0.25) is 0 Å². The summed E-state index contributed by atoms with van der Waals surface area (Å²) in [5.74, 6) is -0.0137. The highest BCUT2D eigenvalue weighted by Crippen LogP contribution is 2.15. The van der Waals surface area contributed by atoms with Crippen LogP contribution in [0.1, 0.15) is 30.3 Å². The van der Waals surface area contributed by atoms with Crippen molar-refractivity contribution >= 4 is 5.91 Å². The van der Waals surface area contributed by atoms with Gasteiger partial charge in [-0.15, -0.1) is 0 Å². The zero-order valence-electron chi connectivity index (χ0n) is 11.4. The summed E-state index contributed by atoms with van der Waals surface area (Å²) in [6, 6.07) is 0. The summed E-state index contributed by atoms with van der Waals surface area (Å²) in [6.45, 7) is 5.34. The van der Waals surface area contributed by atoms with Gasteiger partial charge in [-0.2, -0.15) is 0 Å². The average molecular weight is 266 g/mol. The molecule has 0 spiro atoms. The normalized spacial score (nSPS) is 19.7. The lowest BCUT2D eigenvalue weighted by Gasteiger charge is -2.32. The van der Waals surface area contributed by atoms with Gasteiger partial charge < -0.3 is 19.9 Å². The number of hydrogen-bond acceptors (Lipinski definition) is 4. The summed E-state index contributed by atoms with van der Waals surface area (Å²) in [5.41, 5.74) is 5.97. The summed E-state index contributed by atoms with van der Waals surface area (Å²) in [5, 5.41) is 0. The van der Waals surface area contributed by atoms with Gasteiger partial charge >= 0.3 is 0 Å². The monoisotopic (exact) mass is 266 g/mol. The minimum atomic E-state index is -0.0137. The number of imidazole rings is 1. The molecule has 0 saturated carbocycles. The number of rotatable bonds is 5. The fourth-order valence-corrected chi connectivity index (χ4v) is 2.40. The number of ether oxygens (including phenoxy) is 1. The Bertz CT molecular complexity index is 417. The molecule has 1 aromatic heterocycles.